The van der Waals surface area contributed by atoms with Crippen molar-refractivity contribution in [2.24, 2.45) is 23.7 Å². The Balaban J connectivity index is 5.67. The first-order valence-electron chi connectivity index (χ1n) is 16.8. The molecule has 0 saturated carbocycles. The van der Waals surface area contributed by atoms with E-state index in [9.17, 15) is 14.7 Å². The van der Waals surface area contributed by atoms with E-state index in [4.69, 9.17) is 0 Å². The monoisotopic (exact) mass is 586 g/mol. The summed E-state index contributed by atoms with van der Waals surface area (Å²) in [6.45, 7) is 11.1. The van der Waals surface area contributed by atoms with Crippen molar-refractivity contribution in [3.8, 4) is 0 Å². The van der Waals surface area contributed by atoms with Gasteiger partial charge >= 0.3 is 0 Å². The lowest BCUT2D eigenvalue weighted by molar-refractivity contribution is -0.127. The molecule has 0 spiro atoms. The maximum Gasteiger partial charge on any atom is 0.186 e. The minimum absolute atomic E-state index is 0.154. The summed E-state index contributed by atoms with van der Waals surface area (Å²) in [5, 5.41) is 12.2. The molecule has 0 fully saturated rings. The zero-order valence-corrected chi connectivity index (χ0v) is 28.3. The first kappa shape index (κ1) is 39.0. The normalized spacial score (nSPS) is 16.4. The van der Waals surface area contributed by atoms with Gasteiger partial charge in [0.15, 0.2) is 10.2 Å². The van der Waals surface area contributed by atoms with Crippen molar-refractivity contribution in [2.75, 3.05) is 0 Å². The van der Waals surface area contributed by atoms with E-state index in [1.165, 1.54) is 77.0 Å². The van der Waals surface area contributed by atoms with Gasteiger partial charge in [0.05, 0.1) is 5.60 Å². The average Bonchev–Trinajstić information content (AvgIpc) is 2.89. The highest BCUT2D eigenvalue weighted by Gasteiger charge is 2.45. The van der Waals surface area contributed by atoms with Gasteiger partial charge in [0.2, 0.25) is 0 Å². The van der Waals surface area contributed by atoms with E-state index in [0.717, 1.165) is 44.9 Å². The van der Waals surface area contributed by atoms with Crippen LogP contribution in [0.15, 0.2) is 0 Å². The van der Waals surface area contributed by atoms with E-state index in [2.05, 4.69) is 59.9 Å². The summed E-state index contributed by atoms with van der Waals surface area (Å²) in [6, 6.07) is 0. The van der Waals surface area contributed by atoms with Gasteiger partial charge in [-0.2, -0.15) is 0 Å². The van der Waals surface area contributed by atoms with E-state index in [0.29, 0.717) is 18.3 Å². The second kappa shape index (κ2) is 24.6. The summed E-state index contributed by atoms with van der Waals surface area (Å²) in [6.07, 6.45) is 23.4. The fourth-order valence-electron chi connectivity index (χ4n) is 6.70. The van der Waals surface area contributed by atoms with Crippen LogP contribution in [0.1, 0.15) is 176 Å². The number of rotatable bonds is 28. The molecule has 0 aliphatic carbocycles. The Kier molecular flexibility index (Phi) is 24.6. The van der Waals surface area contributed by atoms with Crippen LogP contribution in [0.4, 0.5) is 0 Å². The molecular weight excluding hydrogens is 521 g/mol. The molecule has 0 aliphatic rings. The zero-order chi connectivity index (χ0) is 29.5. The second-order valence-corrected chi connectivity index (χ2v) is 13.5. The highest BCUT2D eigenvalue weighted by molar-refractivity contribution is 7.96. The number of carbonyl (C=O) groups excluding carboxylic acids is 2. The Morgan fingerprint density at radius 3 is 1.26 bits per heavy atom. The molecule has 0 radical (unpaired) electrons. The maximum atomic E-state index is 12.5. The highest BCUT2D eigenvalue weighted by Crippen LogP contribution is 2.44. The van der Waals surface area contributed by atoms with Crippen molar-refractivity contribution < 1.29 is 14.7 Å². The van der Waals surface area contributed by atoms with Crippen LogP contribution in [-0.4, -0.2) is 20.9 Å². The molecule has 1 N–H and O–H groups in total. The molecule has 0 aromatic carbocycles. The Morgan fingerprint density at radius 1 is 0.590 bits per heavy atom. The predicted molar refractivity (Wildman–Crippen MR) is 177 cm³/mol. The van der Waals surface area contributed by atoms with E-state index in [-0.39, 0.29) is 34.9 Å². The van der Waals surface area contributed by atoms with Crippen LogP contribution in [0, 0.1) is 23.7 Å². The first-order chi connectivity index (χ1) is 18.7. The number of hydrogen-bond donors (Lipinski definition) is 3. The number of aliphatic hydroxyl groups is 1. The third-order valence-electron chi connectivity index (χ3n) is 9.23. The van der Waals surface area contributed by atoms with E-state index in [1.807, 2.05) is 0 Å². The van der Waals surface area contributed by atoms with Crippen LogP contribution in [0.25, 0.3) is 0 Å². The van der Waals surface area contributed by atoms with Gasteiger partial charge in [-0.25, -0.2) is 0 Å². The number of carbonyl (C=O) groups is 2. The fraction of sp³-hybridized carbons (Fsp3) is 0.941. The smallest absolute Gasteiger partial charge is 0.186 e. The van der Waals surface area contributed by atoms with Crippen LogP contribution < -0.4 is 0 Å². The van der Waals surface area contributed by atoms with Gasteiger partial charge in [0.1, 0.15) is 0 Å². The SMILES string of the molecule is CCCCCCCCC(CC)CC(CC(=O)S)C(O)(CCC)C(CC(=O)S)CC(CC)CCCCCCCC. The summed E-state index contributed by atoms with van der Waals surface area (Å²) < 4.78 is 0. The fourth-order valence-corrected chi connectivity index (χ4v) is 7.14. The van der Waals surface area contributed by atoms with Gasteiger partial charge < -0.3 is 5.11 Å². The summed E-state index contributed by atoms with van der Waals surface area (Å²) >= 11 is 8.37. The second-order valence-electron chi connectivity index (χ2n) is 12.5. The van der Waals surface area contributed by atoms with Gasteiger partial charge in [0.25, 0.3) is 0 Å². The minimum Gasteiger partial charge on any atom is -0.389 e. The Labute approximate surface area is 254 Å². The summed E-state index contributed by atoms with van der Waals surface area (Å²) in [5.74, 6) is 0.623. The summed E-state index contributed by atoms with van der Waals surface area (Å²) in [4.78, 5) is 24.8. The van der Waals surface area contributed by atoms with Crippen LogP contribution in [0.5, 0.6) is 0 Å². The molecule has 3 nitrogen and oxygen atoms in total. The van der Waals surface area contributed by atoms with Crippen molar-refractivity contribution >= 4 is 35.5 Å². The van der Waals surface area contributed by atoms with Crippen molar-refractivity contribution in [1.82, 2.24) is 0 Å². The van der Waals surface area contributed by atoms with Crippen molar-refractivity contribution in [3.05, 3.63) is 0 Å². The van der Waals surface area contributed by atoms with Crippen LogP contribution in [0.3, 0.4) is 0 Å². The zero-order valence-electron chi connectivity index (χ0n) is 26.5. The lowest BCUT2D eigenvalue weighted by atomic mass is 9.65. The predicted octanol–water partition coefficient (Wildman–Crippen LogP) is 10.8. The quantitative estimate of drug-likeness (QED) is 0.0631. The number of thiol groups is 2. The Bertz CT molecular complexity index is 563. The van der Waals surface area contributed by atoms with Crippen molar-refractivity contribution in [1.29, 1.82) is 0 Å². The van der Waals surface area contributed by atoms with Crippen LogP contribution in [0.2, 0.25) is 0 Å². The molecule has 4 atom stereocenters. The average molecular weight is 587 g/mol. The maximum absolute atomic E-state index is 12.5. The molecule has 0 heterocycles. The molecule has 0 rings (SSSR count). The third kappa shape index (κ3) is 18.2. The largest absolute Gasteiger partial charge is 0.389 e. The van der Waals surface area contributed by atoms with E-state index in [1.54, 1.807) is 0 Å². The molecular formula is C34H66O3S2. The van der Waals surface area contributed by atoms with Crippen LogP contribution in [-0.2, 0) is 9.59 Å². The summed E-state index contributed by atoms with van der Waals surface area (Å²) in [5.41, 5.74) is -1.05. The van der Waals surface area contributed by atoms with Gasteiger partial charge in [-0.05, 0) is 42.9 Å². The molecule has 0 aromatic heterocycles. The molecule has 0 aromatic rings. The third-order valence-corrected chi connectivity index (χ3v) is 9.59. The van der Waals surface area contributed by atoms with Crippen LogP contribution >= 0.6 is 25.3 Å². The number of unbranched alkanes of at least 4 members (excludes halogenated alkanes) is 10. The molecule has 39 heavy (non-hydrogen) atoms. The van der Waals surface area contributed by atoms with Gasteiger partial charge in [0, 0.05) is 12.8 Å². The van der Waals surface area contributed by atoms with Gasteiger partial charge in [-0.3, -0.25) is 9.59 Å². The molecule has 0 bridgehead atoms. The first-order valence-corrected chi connectivity index (χ1v) is 17.7. The standard InChI is InChI=1S/C34H66O3S2/c1-6-11-13-15-17-19-21-28(9-4)24-30(26-32(35)38)34(37,23-8-3)31(27-33(36)39)25-29(10-5)22-20-18-16-14-12-7-2/h28-31,37H,6-27H2,1-5H3,(H,35,38)(H,36,39). The number of hydrogen-bond acceptors (Lipinski definition) is 3. The Hall–Kier alpha value is -0.000000000000000111. The van der Waals surface area contributed by atoms with Crippen molar-refractivity contribution in [3.63, 3.8) is 0 Å². The van der Waals surface area contributed by atoms with Crippen molar-refractivity contribution in [2.45, 2.75) is 181 Å². The molecule has 4 unspecified atom stereocenters. The highest BCUT2D eigenvalue weighted by atomic mass is 32.1. The molecule has 0 aliphatic heterocycles. The lowest BCUT2D eigenvalue weighted by Crippen LogP contribution is -2.48. The van der Waals surface area contributed by atoms with E-state index >= 15 is 0 Å². The van der Waals surface area contributed by atoms with E-state index < -0.39 is 5.60 Å². The molecule has 5 heteroatoms. The van der Waals surface area contributed by atoms with Gasteiger partial charge in [-0.1, -0.05) is 144 Å². The lowest BCUT2D eigenvalue weighted by Gasteiger charge is -2.44. The Morgan fingerprint density at radius 2 is 0.949 bits per heavy atom. The molecule has 0 saturated heterocycles. The van der Waals surface area contributed by atoms with Gasteiger partial charge in [-0.15, -0.1) is 25.3 Å². The molecule has 0 amide bonds. The summed E-state index contributed by atoms with van der Waals surface area (Å²) in [7, 11) is 0. The molecule has 232 valence electrons. The minimum atomic E-state index is -1.05. The topological polar surface area (TPSA) is 54.4 Å².